The zero-order chi connectivity index (χ0) is 13.0. The molecule has 0 spiro atoms. The fourth-order valence-corrected chi connectivity index (χ4v) is 2.35. The van der Waals surface area contributed by atoms with Crippen LogP contribution < -0.4 is 14.8 Å². The first-order chi connectivity index (χ1) is 8.74. The third-order valence-corrected chi connectivity index (χ3v) is 3.40. The second-order valence-corrected chi connectivity index (χ2v) is 4.66. The highest BCUT2D eigenvalue weighted by Crippen LogP contribution is 2.29. The van der Waals surface area contributed by atoms with E-state index in [-0.39, 0.29) is 0 Å². The van der Waals surface area contributed by atoms with Crippen molar-refractivity contribution in [2.75, 3.05) is 40.4 Å². The van der Waals surface area contributed by atoms with Gasteiger partial charge in [0.2, 0.25) is 0 Å². The number of aryl methyl sites for hydroxylation is 1. The van der Waals surface area contributed by atoms with Gasteiger partial charge in [-0.05, 0) is 24.6 Å². The van der Waals surface area contributed by atoms with Crippen LogP contribution in [0.15, 0.2) is 12.1 Å². The highest BCUT2D eigenvalue weighted by molar-refractivity contribution is 5.45. The maximum atomic E-state index is 5.47. The molecule has 18 heavy (non-hydrogen) atoms. The molecular weight excluding hydrogens is 228 g/mol. The van der Waals surface area contributed by atoms with Crippen LogP contribution in [-0.2, 0) is 6.54 Å². The fourth-order valence-electron chi connectivity index (χ4n) is 2.35. The monoisotopic (exact) mass is 250 g/mol. The number of methoxy groups -OCH3 is 2. The van der Waals surface area contributed by atoms with Crippen molar-refractivity contribution >= 4 is 0 Å². The van der Waals surface area contributed by atoms with Gasteiger partial charge in [0.05, 0.1) is 14.2 Å². The van der Waals surface area contributed by atoms with Crippen LogP contribution in [0.3, 0.4) is 0 Å². The SMILES string of the molecule is COc1cc(CN2CCNCC2)c(OC)cc1C. The lowest BCUT2D eigenvalue weighted by atomic mass is 10.1. The molecule has 1 N–H and O–H groups in total. The predicted octanol–water partition coefficient (Wildman–Crippen LogP) is 1.42. The first-order valence-corrected chi connectivity index (χ1v) is 6.39. The minimum absolute atomic E-state index is 0.918. The van der Waals surface area contributed by atoms with Crippen molar-refractivity contribution in [1.82, 2.24) is 10.2 Å². The van der Waals surface area contributed by atoms with Gasteiger partial charge in [-0.1, -0.05) is 0 Å². The van der Waals surface area contributed by atoms with E-state index in [1.54, 1.807) is 14.2 Å². The van der Waals surface area contributed by atoms with Gasteiger partial charge in [-0.15, -0.1) is 0 Å². The molecule has 0 unspecified atom stereocenters. The number of hydrogen-bond acceptors (Lipinski definition) is 4. The Kier molecular flexibility index (Phi) is 4.44. The summed E-state index contributed by atoms with van der Waals surface area (Å²) in [5.74, 6) is 1.88. The quantitative estimate of drug-likeness (QED) is 0.876. The summed E-state index contributed by atoms with van der Waals surface area (Å²) in [5, 5.41) is 3.36. The van der Waals surface area contributed by atoms with Gasteiger partial charge in [0.15, 0.2) is 0 Å². The van der Waals surface area contributed by atoms with Gasteiger partial charge in [0.25, 0.3) is 0 Å². The second kappa shape index (κ2) is 6.07. The topological polar surface area (TPSA) is 33.7 Å². The summed E-state index contributed by atoms with van der Waals surface area (Å²) >= 11 is 0. The number of nitrogens with zero attached hydrogens (tertiary/aromatic N) is 1. The van der Waals surface area contributed by atoms with Gasteiger partial charge >= 0.3 is 0 Å². The average molecular weight is 250 g/mol. The van der Waals surface area contributed by atoms with Crippen LogP contribution in [0.25, 0.3) is 0 Å². The molecule has 1 aliphatic rings. The molecule has 2 rings (SSSR count). The summed E-state index contributed by atoms with van der Waals surface area (Å²) in [6, 6.07) is 4.15. The van der Waals surface area contributed by atoms with E-state index in [2.05, 4.69) is 22.3 Å². The van der Waals surface area contributed by atoms with E-state index in [9.17, 15) is 0 Å². The molecule has 0 bridgehead atoms. The lowest BCUT2D eigenvalue weighted by Crippen LogP contribution is -2.42. The minimum Gasteiger partial charge on any atom is -0.496 e. The number of rotatable bonds is 4. The van der Waals surface area contributed by atoms with Gasteiger partial charge < -0.3 is 14.8 Å². The molecule has 1 aromatic carbocycles. The third-order valence-electron chi connectivity index (χ3n) is 3.40. The zero-order valence-electron chi connectivity index (χ0n) is 11.5. The molecule has 1 saturated heterocycles. The van der Waals surface area contributed by atoms with Crippen LogP contribution >= 0.6 is 0 Å². The van der Waals surface area contributed by atoms with Gasteiger partial charge in [-0.25, -0.2) is 0 Å². The predicted molar refractivity (Wildman–Crippen MR) is 72.4 cm³/mol. The maximum Gasteiger partial charge on any atom is 0.123 e. The fraction of sp³-hybridized carbons (Fsp3) is 0.571. The van der Waals surface area contributed by atoms with E-state index in [1.807, 2.05) is 6.92 Å². The van der Waals surface area contributed by atoms with Crippen molar-refractivity contribution in [1.29, 1.82) is 0 Å². The number of hydrogen-bond donors (Lipinski definition) is 1. The van der Waals surface area contributed by atoms with Crippen LogP contribution in [-0.4, -0.2) is 45.3 Å². The molecule has 0 radical (unpaired) electrons. The minimum atomic E-state index is 0.918. The van der Waals surface area contributed by atoms with Crippen molar-refractivity contribution in [3.63, 3.8) is 0 Å². The lowest BCUT2D eigenvalue weighted by Gasteiger charge is -2.28. The standard InChI is InChI=1S/C14H22N2O2/c1-11-8-14(18-3)12(9-13(11)17-2)10-16-6-4-15-5-7-16/h8-9,15H,4-7,10H2,1-3H3. The molecule has 100 valence electrons. The van der Waals surface area contributed by atoms with E-state index in [4.69, 9.17) is 9.47 Å². The molecular formula is C14H22N2O2. The van der Waals surface area contributed by atoms with Crippen molar-refractivity contribution in [3.8, 4) is 11.5 Å². The highest BCUT2D eigenvalue weighted by Gasteiger charge is 2.14. The van der Waals surface area contributed by atoms with Crippen LogP contribution in [0, 0.1) is 6.92 Å². The molecule has 4 heteroatoms. The molecule has 0 atom stereocenters. The van der Waals surface area contributed by atoms with Crippen LogP contribution in [0.5, 0.6) is 11.5 Å². The van der Waals surface area contributed by atoms with E-state index < -0.39 is 0 Å². The normalized spacial score (nSPS) is 16.6. The smallest absolute Gasteiger partial charge is 0.123 e. The Morgan fingerprint density at radius 1 is 1.11 bits per heavy atom. The molecule has 1 aromatic rings. The van der Waals surface area contributed by atoms with Crippen LogP contribution in [0.2, 0.25) is 0 Å². The molecule has 0 aromatic heterocycles. The lowest BCUT2D eigenvalue weighted by molar-refractivity contribution is 0.229. The zero-order valence-corrected chi connectivity index (χ0v) is 11.5. The van der Waals surface area contributed by atoms with Crippen molar-refractivity contribution in [2.45, 2.75) is 13.5 Å². The Morgan fingerprint density at radius 2 is 1.78 bits per heavy atom. The molecule has 1 fully saturated rings. The largest absolute Gasteiger partial charge is 0.496 e. The Labute approximate surface area is 109 Å². The first kappa shape index (κ1) is 13.2. The number of ether oxygens (including phenoxy) is 2. The molecule has 1 heterocycles. The third kappa shape index (κ3) is 2.94. The van der Waals surface area contributed by atoms with E-state index in [0.717, 1.165) is 49.8 Å². The van der Waals surface area contributed by atoms with Gasteiger partial charge in [0.1, 0.15) is 11.5 Å². The van der Waals surface area contributed by atoms with E-state index >= 15 is 0 Å². The number of nitrogens with one attached hydrogen (secondary N) is 1. The van der Waals surface area contributed by atoms with Crippen molar-refractivity contribution in [2.24, 2.45) is 0 Å². The Balaban J connectivity index is 2.18. The maximum absolute atomic E-state index is 5.47. The molecule has 4 nitrogen and oxygen atoms in total. The van der Waals surface area contributed by atoms with Gasteiger partial charge in [-0.2, -0.15) is 0 Å². The molecule has 1 aliphatic heterocycles. The van der Waals surface area contributed by atoms with Crippen molar-refractivity contribution < 1.29 is 9.47 Å². The second-order valence-electron chi connectivity index (χ2n) is 4.66. The molecule has 0 aliphatic carbocycles. The Morgan fingerprint density at radius 3 is 2.39 bits per heavy atom. The molecule has 0 amide bonds. The summed E-state index contributed by atoms with van der Waals surface area (Å²) < 4.78 is 10.9. The number of piperazine rings is 1. The highest BCUT2D eigenvalue weighted by atomic mass is 16.5. The van der Waals surface area contributed by atoms with E-state index in [1.165, 1.54) is 5.56 Å². The Bertz CT molecular complexity index is 401. The summed E-state index contributed by atoms with van der Waals surface area (Å²) in [5.41, 5.74) is 2.31. The van der Waals surface area contributed by atoms with Crippen LogP contribution in [0.1, 0.15) is 11.1 Å². The van der Waals surface area contributed by atoms with E-state index in [0.29, 0.717) is 0 Å². The van der Waals surface area contributed by atoms with Crippen LogP contribution in [0.4, 0.5) is 0 Å². The summed E-state index contributed by atoms with van der Waals surface area (Å²) in [6.07, 6.45) is 0. The van der Waals surface area contributed by atoms with Gasteiger partial charge in [0, 0.05) is 38.3 Å². The number of benzene rings is 1. The Hall–Kier alpha value is -1.26. The average Bonchev–Trinajstić information content (AvgIpc) is 2.41. The summed E-state index contributed by atoms with van der Waals surface area (Å²) in [6.45, 7) is 7.24. The summed E-state index contributed by atoms with van der Waals surface area (Å²) in [7, 11) is 3.44. The van der Waals surface area contributed by atoms with Crippen molar-refractivity contribution in [3.05, 3.63) is 23.3 Å². The van der Waals surface area contributed by atoms with Gasteiger partial charge in [-0.3, -0.25) is 4.90 Å². The molecule has 0 saturated carbocycles. The summed E-state index contributed by atoms with van der Waals surface area (Å²) in [4.78, 5) is 2.43. The first-order valence-electron chi connectivity index (χ1n) is 6.39.